The van der Waals surface area contributed by atoms with E-state index in [4.69, 9.17) is 9.47 Å². The molecule has 1 aromatic rings. The molecule has 1 aliphatic rings. The van der Waals surface area contributed by atoms with Crippen LogP contribution in [0.2, 0.25) is 0 Å². The highest BCUT2D eigenvalue weighted by Crippen LogP contribution is 2.32. The van der Waals surface area contributed by atoms with Gasteiger partial charge >= 0.3 is 5.97 Å². The number of ether oxygens (including phenoxy) is 2. The molecule has 0 atom stereocenters. The molecule has 0 saturated carbocycles. The Bertz CT molecular complexity index is 484. The van der Waals surface area contributed by atoms with E-state index in [-0.39, 0.29) is 24.9 Å². The van der Waals surface area contributed by atoms with Gasteiger partial charge in [-0.3, -0.25) is 9.59 Å². The van der Waals surface area contributed by atoms with Crippen LogP contribution in [0.1, 0.15) is 12.5 Å². The summed E-state index contributed by atoms with van der Waals surface area (Å²) < 4.78 is 10.2. The summed E-state index contributed by atoms with van der Waals surface area (Å²) in [4.78, 5) is 24.4. The largest absolute Gasteiger partial charge is 0.482 e. The molecule has 0 aliphatic carbocycles. The van der Waals surface area contributed by atoms with Gasteiger partial charge in [-0.15, -0.1) is 0 Å². The van der Waals surface area contributed by atoms with E-state index in [1.165, 1.54) is 4.90 Å². The lowest BCUT2D eigenvalue weighted by Crippen LogP contribution is -2.35. The van der Waals surface area contributed by atoms with Gasteiger partial charge in [0.2, 0.25) is 0 Å². The number of amides is 1. The molecular weight excluding hydrogens is 234 g/mol. The fourth-order valence-corrected chi connectivity index (χ4v) is 1.81. The van der Waals surface area contributed by atoms with E-state index >= 15 is 0 Å². The maximum absolute atomic E-state index is 11.5. The number of anilines is 1. The van der Waals surface area contributed by atoms with Crippen molar-refractivity contribution in [3.63, 3.8) is 0 Å². The molecule has 0 unspecified atom stereocenters. The number of likely N-dealkylation sites (N-methyl/N-ethyl adjacent to an activating group) is 1. The van der Waals surface area contributed by atoms with Gasteiger partial charge < -0.3 is 14.4 Å². The van der Waals surface area contributed by atoms with E-state index in [0.717, 1.165) is 5.56 Å². The summed E-state index contributed by atoms with van der Waals surface area (Å²) >= 11 is 0. The van der Waals surface area contributed by atoms with Crippen LogP contribution in [0.3, 0.4) is 0 Å². The van der Waals surface area contributed by atoms with E-state index in [9.17, 15) is 9.59 Å². The Morgan fingerprint density at radius 2 is 2.28 bits per heavy atom. The minimum absolute atomic E-state index is 0.0563. The van der Waals surface area contributed by atoms with Crippen LogP contribution in [0.25, 0.3) is 0 Å². The molecule has 1 heterocycles. The lowest BCUT2D eigenvalue weighted by Gasteiger charge is -2.26. The topological polar surface area (TPSA) is 55.8 Å². The Hall–Kier alpha value is -2.04. The van der Waals surface area contributed by atoms with Crippen molar-refractivity contribution in [3.8, 4) is 5.75 Å². The summed E-state index contributed by atoms with van der Waals surface area (Å²) in [6.07, 6.45) is 0.198. The van der Waals surface area contributed by atoms with Crippen LogP contribution in [0.5, 0.6) is 5.75 Å². The number of benzene rings is 1. The molecule has 5 heteroatoms. The van der Waals surface area contributed by atoms with Crippen molar-refractivity contribution in [2.45, 2.75) is 13.3 Å². The van der Waals surface area contributed by atoms with Crippen molar-refractivity contribution in [2.75, 3.05) is 25.2 Å². The molecule has 1 aliphatic heterocycles. The first-order valence-electron chi connectivity index (χ1n) is 5.79. The molecule has 0 bridgehead atoms. The molecule has 1 amide bonds. The van der Waals surface area contributed by atoms with Gasteiger partial charge in [0.1, 0.15) is 5.75 Å². The Morgan fingerprint density at radius 1 is 1.50 bits per heavy atom. The summed E-state index contributed by atoms with van der Waals surface area (Å²) in [6.45, 7) is 2.19. The fourth-order valence-electron chi connectivity index (χ4n) is 1.81. The smallest absolute Gasteiger partial charge is 0.310 e. The molecule has 1 aromatic carbocycles. The Morgan fingerprint density at radius 3 is 3.00 bits per heavy atom. The molecule has 5 nitrogen and oxygen atoms in total. The first-order valence-corrected chi connectivity index (χ1v) is 5.79. The molecule has 0 spiro atoms. The van der Waals surface area contributed by atoms with Crippen LogP contribution in [0.15, 0.2) is 18.2 Å². The second-order valence-corrected chi connectivity index (χ2v) is 4.03. The summed E-state index contributed by atoms with van der Waals surface area (Å²) in [7, 11) is 1.69. The third-order valence-corrected chi connectivity index (χ3v) is 2.76. The zero-order chi connectivity index (χ0) is 13.1. The third-order valence-electron chi connectivity index (χ3n) is 2.76. The molecule has 2 rings (SSSR count). The Balaban J connectivity index is 2.21. The zero-order valence-electron chi connectivity index (χ0n) is 10.4. The highest BCUT2D eigenvalue weighted by atomic mass is 16.5. The molecule has 0 fully saturated rings. The van der Waals surface area contributed by atoms with Crippen LogP contribution in [-0.4, -0.2) is 32.1 Å². The normalized spacial score (nSPS) is 13.9. The van der Waals surface area contributed by atoms with E-state index in [0.29, 0.717) is 18.0 Å². The van der Waals surface area contributed by atoms with Crippen molar-refractivity contribution in [1.82, 2.24) is 0 Å². The maximum atomic E-state index is 11.5. The summed E-state index contributed by atoms with van der Waals surface area (Å²) in [5.74, 6) is 0.281. The van der Waals surface area contributed by atoms with Gasteiger partial charge in [0, 0.05) is 7.05 Å². The average molecular weight is 249 g/mol. The first kappa shape index (κ1) is 12.4. The summed E-state index contributed by atoms with van der Waals surface area (Å²) in [5.41, 5.74) is 1.49. The minimum Gasteiger partial charge on any atom is -0.482 e. The number of hydrogen-bond acceptors (Lipinski definition) is 4. The zero-order valence-corrected chi connectivity index (χ0v) is 10.4. The monoisotopic (exact) mass is 249 g/mol. The van der Waals surface area contributed by atoms with Crippen LogP contribution < -0.4 is 9.64 Å². The van der Waals surface area contributed by atoms with Gasteiger partial charge in [-0.05, 0) is 24.6 Å². The quantitative estimate of drug-likeness (QED) is 0.754. The van der Waals surface area contributed by atoms with Gasteiger partial charge in [0.25, 0.3) is 5.91 Å². The second kappa shape index (κ2) is 5.08. The van der Waals surface area contributed by atoms with E-state index in [1.807, 2.05) is 0 Å². The second-order valence-electron chi connectivity index (χ2n) is 4.03. The van der Waals surface area contributed by atoms with E-state index in [1.54, 1.807) is 32.2 Å². The highest BCUT2D eigenvalue weighted by molar-refractivity contribution is 5.97. The maximum Gasteiger partial charge on any atom is 0.310 e. The van der Waals surface area contributed by atoms with Crippen molar-refractivity contribution >= 4 is 17.6 Å². The Kier molecular flexibility index (Phi) is 3.50. The van der Waals surface area contributed by atoms with Crippen LogP contribution in [0, 0.1) is 0 Å². The van der Waals surface area contributed by atoms with E-state index in [2.05, 4.69) is 0 Å². The summed E-state index contributed by atoms with van der Waals surface area (Å²) in [5, 5.41) is 0. The molecule has 96 valence electrons. The minimum atomic E-state index is -0.275. The lowest BCUT2D eigenvalue weighted by atomic mass is 10.1. The molecule has 0 saturated heterocycles. The predicted molar refractivity (Wildman–Crippen MR) is 65.7 cm³/mol. The number of carbonyl (C=O) groups excluding carboxylic acids is 2. The lowest BCUT2D eigenvalue weighted by molar-refractivity contribution is -0.142. The number of rotatable bonds is 3. The van der Waals surface area contributed by atoms with Crippen LogP contribution in [0.4, 0.5) is 5.69 Å². The molecule has 0 N–H and O–H groups in total. The van der Waals surface area contributed by atoms with Crippen molar-refractivity contribution in [1.29, 1.82) is 0 Å². The number of nitrogens with zero attached hydrogens (tertiary/aromatic N) is 1. The first-order chi connectivity index (χ1) is 8.61. The number of fused-ring (bicyclic) bond motifs is 1. The van der Waals surface area contributed by atoms with Gasteiger partial charge in [0.05, 0.1) is 18.7 Å². The standard InChI is InChI=1S/C13H15NO4/c1-3-17-13(16)7-9-4-5-11-10(6-9)14(2)12(15)8-18-11/h4-6H,3,7-8H2,1-2H3. The number of hydrogen-bond donors (Lipinski definition) is 0. The Labute approximate surface area is 105 Å². The summed E-state index contributed by atoms with van der Waals surface area (Å²) in [6, 6.07) is 5.36. The van der Waals surface area contributed by atoms with Gasteiger partial charge in [-0.2, -0.15) is 0 Å². The average Bonchev–Trinajstić information content (AvgIpc) is 2.35. The van der Waals surface area contributed by atoms with Gasteiger partial charge in [-0.25, -0.2) is 0 Å². The van der Waals surface area contributed by atoms with Crippen LogP contribution >= 0.6 is 0 Å². The van der Waals surface area contributed by atoms with Crippen molar-refractivity contribution in [2.24, 2.45) is 0 Å². The van der Waals surface area contributed by atoms with E-state index < -0.39 is 0 Å². The van der Waals surface area contributed by atoms with Crippen molar-refractivity contribution in [3.05, 3.63) is 23.8 Å². The molecular formula is C13H15NO4. The molecule has 0 aromatic heterocycles. The fraction of sp³-hybridized carbons (Fsp3) is 0.385. The SMILES string of the molecule is CCOC(=O)Cc1ccc2c(c1)N(C)C(=O)CO2. The third kappa shape index (κ3) is 2.45. The molecule has 18 heavy (non-hydrogen) atoms. The highest BCUT2D eigenvalue weighted by Gasteiger charge is 2.22. The van der Waals surface area contributed by atoms with Gasteiger partial charge in [0.15, 0.2) is 6.61 Å². The predicted octanol–water partition coefficient (Wildman–Crippen LogP) is 1.15. The van der Waals surface area contributed by atoms with Gasteiger partial charge in [-0.1, -0.05) is 6.07 Å². The molecule has 0 radical (unpaired) electrons. The number of carbonyl (C=O) groups is 2. The van der Waals surface area contributed by atoms with Crippen LogP contribution in [-0.2, 0) is 20.7 Å². The number of esters is 1. The van der Waals surface area contributed by atoms with Crippen molar-refractivity contribution < 1.29 is 19.1 Å².